The van der Waals surface area contributed by atoms with Crippen LogP contribution in [0.4, 0.5) is 0 Å². The first-order valence-electron chi connectivity index (χ1n) is 16.7. The van der Waals surface area contributed by atoms with Crippen LogP contribution in [0.1, 0.15) is 85.1 Å². The number of methoxy groups -OCH3 is 2. The maximum atomic E-state index is 13.9. The van der Waals surface area contributed by atoms with Crippen LogP contribution in [-0.4, -0.2) is 89.0 Å². The lowest BCUT2D eigenvalue weighted by Crippen LogP contribution is -2.46. The molecule has 1 aliphatic carbocycles. The van der Waals surface area contributed by atoms with E-state index in [4.69, 9.17) is 23.7 Å². The average Bonchev–Trinajstić information content (AvgIpc) is 3.35. The van der Waals surface area contributed by atoms with Crippen molar-refractivity contribution in [1.82, 2.24) is 0 Å². The number of phenolic OH excluding ortho intramolecular Hbond substituents is 1. The summed E-state index contributed by atoms with van der Waals surface area (Å²) in [5, 5.41) is 33.9. The van der Waals surface area contributed by atoms with Gasteiger partial charge in [-0.05, 0) is 19.9 Å². The Labute approximate surface area is 297 Å². The summed E-state index contributed by atoms with van der Waals surface area (Å²) in [5.41, 5.74) is -0.738. The highest BCUT2D eigenvalue weighted by molar-refractivity contribution is 6.30. The normalized spacial score (nSPS) is 34.0. The summed E-state index contributed by atoms with van der Waals surface area (Å²) in [7, 11) is 2.77. The van der Waals surface area contributed by atoms with Crippen LogP contribution in [0.3, 0.4) is 0 Å². The number of esters is 1. The Kier molecular flexibility index (Phi) is 11.8. The highest BCUT2D eigenvalue weighted by Gasteiger charge is 2.51. The predicted molar refractivity (Wildman–Crippen MR) is 186 cm³/mol. The number of phenols is 1. The summed E-state index contributed by atoms with van der Waals surface area (Å²) in [6.45, 7) is 12.7. The van der Waals surface area contributed by atoms with Gasteiger partial charge in [0.1, 0.15) is 23.3 Å². The lowest BCUT2D eigenvalue weighted by Gasteiger charge is -2.38. The molecule has 1 aromatic carbocycles. The Hall–Kier alpha value is -4.59. The summed E-state index contributed by atoms with van der Waals surface area (Å²) in [6, 6.07) is 0. The van der Waals surface area contributed by atoms with Crippen molar-refractivity contribution in [3.63, 3.8) is 0 Å². The number of hydrogen-bond acceptors (Lipinski definition) is 13. The SMILES string of the molecule is COC1=NC2=CC(=O)c3c(c(O)c(C)c4c3C(=O)C(C)(O/C=C/C(OC)C(C)C(OC(C)=O)C(C)C(O)C(C)C(O)C(C)/C=C\C=C/1C)O4)C2=O. The van der Waals surface area contributed by atoms with Crippen molar-refractivity contribution in [2.24, 2.45) is 28.7 Å². The van der Waals surface area contributed by atoms with Crippen molar-refractivity contribution < 1.29 is 58.2 Å². The minimum Gasteiger partial charge on any atom is -0.507 e. The molecule has 0 radical (unpaired) electrons. The molecule has 13 heteroatoms. The van der Waals surface area contributed by atoms with E-state index in [2.05, 4.69) is 4.99 Å². The number of aliphatic imine (C=N–C) groups is 1. The zero-order valence-electron chi connectivity index (χ0n) is 30.5. The van der Waals surface area contributed by atoms with Gasteiger partial charge in [-0.3, -0.25) is 19.2 Å². The van der Waals surface area contributed by atoms with Crippen molar-refractivity contribution >= 4 is 29.2 Å². The van der Waals surface area contributed by atoms with Crippen molar-refractivity contribution in [2.75, 3.05) is 14.2 Å². The first kappa shape index (κ1) is 39.2. The van der Waals surface area contributed by atoms with E-state index in [9.17, 15) is 34.5 Å². The number of ketones is 3. The number of aromatic hydroxyl groups is 1. The van der Waals surface area contributed by atoms with Gasteiger partial charge in [0.15, 0.2) is 5.78 Å². The standard InChI is InChI=1S/C38H47NO12/c1-17-12-11-13-18(2)37(48-10)39-24-16-25(41)27-28(33(24)45)32(44)22(6)35-29(27)36(46)38(8,51-35)49-15-14-26(47-9)19(3)34(50-23(7)40)21(5)31(43)20(4)30(17)42/h11-17,19-21,26,30-31,34,42-44H,1-10H3/b12-11-,15-14+,18-13-,39-37?. The van der Waals surface area contributed by atoms with Crippen LogP contribution < -0.4 is 4.74 Å². The van der Waals surface area contributed by atoms with Gasteiger partial charge < -0.3 is 39.0 Å². The molecule has 3 heterocycles. The highest BCUT2D eigenvalue weighted by Crippen LogP contribution is 2.48. The Morgan fingerprint density at radius 1 is 0.941 bits per heavy atom. The molecule has 1 aromatic rings. The fourth-order valence-electron chi connectivity index (χ4n) is 6.78. The molecule has 5 bridgehead atoms. The first-order valence-corrected chi connectivity index (χ1v) is 16.7. The minimum atomic E-state index is -2.01. The smallest absolute Gasteiger partial charge is 0.312 e. The van der Waals surface area contributed by atoms with Crippen molar-refractivity contribution in [3.05, 3.63) is 70.2 Å². The topological polar surface area (TPSA) is 187 Å². The number of ether oxygens (including phenoxy) is 5. The average molecular weight is 710 g/mol. The molecule has 0 saturated carbocycles. The van der Waals surface area contributed by atoms with Gasteiger partial charge in [-0.15, -0.1) is 0 Å². The van der Waals surface area contributed by atoms with Crippen LogP contribution >= 0.6 is 0 Å². The molecule has 0 spiro atoms. The lowest BCUT2D eigenvalue weighted by molar-refractivity contribution is -0.160. The van der Waals surface area contributed by atoms with Crippen LogP contribution in [0.2, 0.25) is 0 Å². The molecule has 9 unspecified atom stereocenters. The van der Waals surface area contributed by atoms with Gasteiger partial charge in [-0.1, -0.05) is 45.9 Å². The number of fused-ring (bicyclic) bond motifs is 13. The van der Waals surface area contributed by atoms with E-state index < -0.39 is 88.5 Å². The molecular weight excluding hydrogens is 662 g/mol. The molecule has 3 aliphatic heterocycles. The van der Waals surface area contributed by atoms with Crippen molar-refractivity contribution in [2.45, 2.75) is 85.6 Å². The van der Waals surface area contributed by atoms with Gasteiger partial charge in [0.25, 0.3) is 5.78 Å². The fraction of sp³-hybridized carbons (Fsp3) is 0.500. The van der Waals surface area contributed by atoms with Crippen LogP contribution in [0.25, 0.3) is 0 Å². The molecule has 0 saturated heterocycles. The largest absolute Gasteiger partial charge is 0.507 e. The van der Waals surface area contributed by atoms with Gasteiger partial charge in [0.2, 0.25) is 11.7 Å². The van der Waals surface area contributed by atoms with Crippen molar-refractivity contribution in [3.8, 4) is 11.5 Å². The Morgan fingerprint density at radius 3 is 2.22 bits per heavy atom. The third-order valence-corrected chi connectivity index (χ3v) is 9.93. The molecule has 13 nitrogen and oxygen atoms in total. The summed E-state index contributed by atoms with van der Waals surface area (Å²) in [6.07, 6.45) is 4.92. The number of aliphatic hydroxyl groups is 2. The molecule has 276 valence electrons. The first-order chi connectivity index (χ1) is 23.9. The Morgan fingerprint density at radius 2 is 1.61 bits per heavy atom. The van der Waals surface area contributed by atoms with E-state index >= 15 is 0 Å². The van der Waals surface area contributed by atoms with Crippen LogP contribution in [0, 0.1) is 30.6 Å². The number of hydrogen-bond donors (Lipinski definition) is 3. The molecule has 51 heavy (non-hydrogen) atoms. The maximum absolute atomic E-state index is 13.9. The van der Waals surface area contributed by atoms with Crippen LogP contribution in [0.5, 0.6) is 11.5 Å². The van der Waals surface area contributed by atoms with Gasteiger partial charge in [0.05, 0.1) is 48.4 Å². The summed E-state index contributed by atoms with van der Waals surface area (Å²) >= 11 is 0. The van der Waals surface area contributed by atoms with E-state index in [-0.39, 0.29) is 34.0 Å². The van der Waals surface area contributed by atoms with Gasteiger partial charge in [-0.2, -0.15) is 0 Å². The third-order valence-electron chi connectivity index (χ3n) is 9.93. The van der Waals surface area contributed by atoms with E-state index in [1.807, 2.05) is 0 Å². The second-order valence-electron chi connectivity index (χ2n) is 13.5. The van der Waals surface area contributed by atoms with Gasteiger partial charge in [0, 0.05) is 61.8 Å². The number of carbonyl (C=O) groups is 4. The highest BCUT2D eigenvalue weighted by atomic mass is 16.7. The van der Waals surface area contributed by atoms with Crippen LogP contribution in [0.15, 0.2) is 52.9 Å². The molecule has 0 amide bonds. The monoisotopic (exact) mass is 709 g/mol. The second kappa shape index (κ2) is 15.3. The number of Topliss-reactive ketones (excluding diaryl/α,β-unsaturated/α-hetero) is 2. The summed E-state index contributed by atoms with van der Waals surface area (Å²) in [5.74, 6) is -7.88. The number of benzene rings is 1. The quantitative estimate of drug-likeness (QED) is 0.364. The van der Waals surface area contributed by atoms with Crippen molar-refractivity contribution in [1.29, 1.82) is 0 Å². The minimum absolute atomic E-state index is 0.000290. The van der Waals surface area contributed by atoms with E-state index in [0.717, 1.165) is 6.08 Å². The zero-order chi connectivity index (χ0) is 38.1. The Balaban J connectivity index is 1.88. The Bertz CT molecular complexity index is 1750. The number of aliphatic hydroxyl groups excluding tert-OH is 2. The van der Waals surface area contributed by atoms with E-state index in [1.54, 1.807) is 52.8 Å². The van der Waals surface area contributed by atoms with E-state index in [0.29, 0.717) is 5.57 Å². The third kappa shape index (κ3) is 7.42. The van der Waals surface area contributed by atoms with Gasteiger partial charge in [-0.25, -0.2) is 4.99 Å². The molecule has 3 N–H and O–H groups in total. The number of rotatable bonds is 2. The second-order valence-corrected chi connectivity index (χ2v) is 13.5. The zero-order valence-corrected chi connectivity index (χ0v) is 30.5. The predicted octanol–water partition coefficient (Wildman–Crippen LogP) is 4.56. The van der Waals surface area contributed by atoms with E-state index in [1.165, 1.54) is 47.3 Å². The summed E-state index contributed by atoms with van der Waals surface area (Å²) in [4.78, 5) is 57.9. The number of carbonyl (C=O) groups excluding carboxylic acids is 4. The lowest BCUT2D eigenvalue weighted by atomic mass is 9.78. The maximum Gasteiger partial charge on any atom is 0.312 e. The molecule has 5 rings (SSSR count). The molecule has 0 fully saturated rings. The molecule has 9 atom stereocenters. The van der Waals surface area contributed by atoms with Crippen LogP contribution in [-0.2, 0) is 23.7 Å². The van der Waals surface area contributed by atoms with Gasteiger partial charge >= 0.3 is 11.8 Å². The molecule has 4 aliphatic rings. The summed E-state index contributed by atoms with van der Waals surface area (Å²) < 4.78 is 28.6. The fourth-order valence-corrected chi connectivity index (χ4v) is 6.78. The number of nitrogens with zero attached hydrogens (tertiary/aromatic N) is 1. The molecular formula is C38H47NO12. The molecule has 0 aromatic heterocycles. The number of allylic oxidation sites excluding steroid dienone is 4.